The van der Waals surface area contributed by atoms with E-state index in [9.17, 15) is 18.0 Å². The quantitative estimate of drug-likeness (QED) is 0.647. The van der Waals surface area contributed by atoms with Gasteiger partial charge in [0.2, 0.25) is 5.91 Å². The Labute approximate surface area is 89.8 Å². The third-order valence-corrected chi connectivity index (χ3v) is 1.85. The molecule has 4 N–H and O–H groups in total. The summed E-state index contributed by atoms with van der Waals surface area (Å²) in [7, 11) is 0. The summed E-state index contributed by atoms with van der Waals surface area (Å²) in [5.74, 6) is -2.96. The highest BCUT2D eigenvalue weighted by atomic mass is 19.4. The van der Waals surface area contributed by atoms with Gasteiger partial charge in [-0.3, -0.25) is 4.79 Å². The lowest BCUT2D eigenvalue weighted by molar-refractivity contribution is -0.192. The minimum Gasteiger partial charge on any atom is -0.475 e. The van der Waals surface area contributed by atoms with Crippen molar-refractivity contribution in [3.05, 3.63) is 0 Å². The largest absolute Gasteiger partial charge is 0.490 e. The maximum atomic E-state index is 10.6. The Balaban J connectivity index is 0.000000293. The Kier molecular flexibility index (Phi) is 5.79. The molecule has 1 amide bonds. The number of carboxylic acid groups (broad SMARTS) is 1. The van der Waals surface area contributed by atoms with E-state index < -0.39 is 12.1 Å². The van der Waals surface area contributed by atoms with Crippen LogP contribution in [0.5, 0.6) is 0 Å². The summed E-state index contributed by atoms with van der Waals surface area (Å²) in [6.45, 7) is 1.04. The van der Waals surface area contributed by atoms with E-state index in [4.69, 9.17) is 15.6 Å². The van der Waals surface area contributed by atoms with Gasteiger partial charge in [0.15, 0.2) is 0 Å². The van der Waals surface area contributed by atoms with Crippen molar-refractivity contribution < 1.29 is 27.9 Å². The van der Waals surface area contributed by atoms with Crippen LogP contribution < -0.4 is 11.1 Å². The van der Waals surface area contributed by atoms with Gasteiger partial charge in [0.05, 0.1) is 0 Å². The van der Waals surface area contributed by atoms with Gasteiger partial charge < -0.3 is 16.2 Å². The average Bonchev–Trinajstić information content (AvgIpc) is 2.54. The first-order valence-corrected chi connectivity index (χ1v) is 4.55. The third-order valence-electron chi connectivity index (χ3n) is 1.85. The summed E-state index contributed by atoms with van der Waals surface area (Å²) >= 11 is 0. The summed E-state index contributed by atoms with van der Waals surface area (Å²) in [4.78, 5) is 19.2. The molecule has 1 heterocycles. The number of alkyl halides is 3. The van der Waals surface area contributed by atoms with Crippen molar-refractivity contribution in [3.8, 4) is 0 Å². The van der Waals surface area contributed by atoms with Crippen LogP contribution in [0.15, 0.2) is 0 Å². The monoisotopic (exact) mass is 242 g/mol. The van der Waals surface area contributed by atoms with Gasteiger partial charge in [-0.25, -0.2) is 4.79 Å². The lowest BCUT2D eigenvalue weighted by atomic mass is 10.1. The molecule has 1 saturated heterocycles. The van der Waals surface area contributed by atoms with E-state index in [1.165, 1.54) is 6.42 Å². The number of hydrogen-bond acceptors (Lipinski definition) is 3. The van der Waals surface area contributed by atoms with Gasteiger partial charge >= 0.3 is 12.1 Å². The second-order valence-electron chi connectivity index (χ2n) is 3.27. The number of hydrogen-bond donors (Lipinski definition) is 3. The maximum absolute atomic E-state index is 10.6. The molecule has 1 fully saturated rings. The molecule has 0 aromatic heterocycles. The Hall–Kier alpha value is -1.31. The van der Waals surface area contributed by atoms with Gasteiger partial charge in [-0.05, 0) is 19.4 Å². The predicted octanol–water partition coefficient (Wildman–Crippen LogP) is 0.247. The molecule has 0 radical (unpaired) electrons. The number of rotatable bonds is 2. The van der Waals surface area contributed by atoms with Gasteiger partial charge in [-0.2, -0.15) is 13.2 Å². The topological polar surface area (TPSA) is 92.4 Å². The fourth-order valence-electron chi connectivity index (χ4n) is 1.17. The minimum atomic E-state index is -5.08. The third kappa shape index (κ3) is 7.04. The van der Waals surface area contributed by atoms with Gasteiger partial charge in [-0.1, -0.05) is 0 Å². The number of carbonyl (C=O) groups excluding carboxylic acids is 1. The van der Waals surface area contributed by atoms with Gasteiger partial charge in [-0.15, -0.1) is 0 Å². The van der Waals surface area contributed by atoms with E-state index in [1.807, 2.05) is 0 Å². The summed E-state index contributed by atoms with van der Waals surface area (Å²) in [6, 6.07) is 0.363. The number of nitrogens with two attached hydrogens (primary N) is 1. The van der Waals surface area contributed by atoms with Gasteiger partial charge in [0.1, 0.15) is 0 Å². The standard InChI is InChI=1S/C6H12N2O.C2HF3O2/c7-6(9)4-5-2-1-3-8-5;3-2(4,5)1(6)7/h5,8H,1-4H2,(H2,7,9);(H,6,7). The molecule has 94 valence electrons. The molecule has 1 unspecified atom stereocenters. The van der Waals surface area contributed by atoms with Crippen molar-refractivity contribution in [3.63, 3.8) is 0 Å². The van der Waals surface area contributed by atoms with E-state index in [0.29, 0.717) is 12.5 Å². The highest BCUT2D eigenvalue weighted by molar-refractivity contribution is 5.74. The molecule has 16 heavy (non-hydrogen) atoms. The number of aliphatic carboxylic acids is 1. The van der Waals surface area contributed by atoms with E-state index in [-0.39, 0.29) is 5.91 Å². The molecule has 1 aliphatic rings. The Morgan fingerprint density at radius 3 is 2.19 bits per heavy atom. The molecule has 1 aliphatic heterocycles. The minimum absolute atomic E-state index is 0.200. The molecule has 0 aromatic carbocycles. The van der Waals surface area contributed by atoms with Crippen LogP contribution in [0.2, 0.25) is 0 Å². The molecule has 0 saturated carbocycles. The van der Waals surface area contributed by atoms with E-state index >= 15 is 0 Å². The van der Waals surface area contributed by atoms with Crippen LogP contribution in [0.25, 0.3) is 0 Å². The SMILES string of the molecule is NC(=O)CC1CCCN1.O=C(O)C(F)(F)F. The van der Waals surface area contributed by atoms with Gasteiger partial charge in [0, 0.05) is 12.5 Å². The van der Waals surface area contributed by atoms with Crippen LogP contribution >= 0.6 is 0 Å². The zero-order valence-electron chi connectivity index (χ0n) is 8.38. The van der Waals surface area contributed by atoms with E-state index in [2.05, 4.69) is 5.32 Å². The van der Waals surface area contributed by atoms with E-state index in [1.54, 1.807) is 0 Å². The molecule has 0 spiro atoms. The lowest BCUT2D eigenvalue weighted by Gasteiger charge is -2.04. The van der Waals surface area contributed by atoms with Crippen LogP contribution in [0, 0.1) is 0 Å². The molecular weight excluding hydrogens is 229 g/mol. The summed E-state index contributed by atoms with van der Waals surface area (Å²) in [5, 5.41) is 10.3. The van der Waals surface area contributed by atoms with Crippen molar-refractivity contribution in [1.82, 2.24) is 5.32 Å². The number of nitrogens with one attached hydrogen (secondary N) is 1. The van der Waals surface area contributed by atoms with Crippen molar-refractivity contribution in [2.24, 2.45) is 5.73 Å². The van der Waals surface area contributed by atoms with Crippen molar-refractivity contribution in [1.29, 1.82) is 0 Å². The van der Waals surface area contributed by atoms with Crippen molar-refractivity contribution in [2.45, 2.75) is 31.5 Å². The first-order valence-electron chi connectivity index (χ1n) is 4.55. The van der Waals surface area contributed by atoms with Crippen LogP contribution in [0.4, 0.5) is 13.2 Å². The number of halogens is 3. The lowest BCUT2D eigenvalue weighted by Crippen LogP contribution is -2.27. The molecule has 1 atom stereocenters. The predicted molar refractivity (Wildman–Crippen MR) is 48.5 cm³/mol. The second kappa shape index (κ2) is 6.31. The molecule has 0 aliphatic carbocycles. The number of amides is 1. The zero-order chi connectivity index (χ0) is 12.8. The molecular formula is C8H13F3N2O3. The Morgan fingerprint density at radius 1 is 1.44 bits per heavy atom. The van der Waals surface area contributed by atoms with Crippen LogP contribution in [-0.4, -0.2) is 35.7 Å². The van der Waals surface area contributed by atoms with Crippen LogP contribution in [-0.2, 0) is 9.59 Å². The maximum Gasteiger partial charge on any atom is 0.490 e. The fourth-order valence-corrected chi connectivity index (χ4v) is 1.17. The number of primary amides is 1. The van der Waals surface area contributed by atoms with E-state index in [0.717, 1.165) is 13.0 Å². The van der Waals surface area contributed by atoms with Crippen LogP contribution in [0.1, 0.15) is 19.3 Å². The molecule has 5 nitrogen and oxygen atoms in total. The van der Waals surface area contributed by atoms with Crippen molar-refractivity contribution >= 4 is 11.9 Å². The van der Waals surface area contributed by atoms with Crippen molar-refractivity contribution in [2.75, 3.05) is 6.54 Å². The molecule has 1 rings (SSSR count). The molecule has 8 heteroatoms. The fraction of sp³-hybridized carbons (Fsp3) is 0.750. The highest BCUT2D eigenvalue weighted by Gasteiger charge is 2.38. The molecule has 0 aromatic rings. The normalized spacial score (nSPS) is 19.8. The first-order chi connectivity index (χ1) is 7.23. The Morgan fingerprint density at radius 2 is 1.94 bits per heavy atom. The van der Waals surface area contributed by atoms with Crippen LogP contribution in [0.3, 0.4) is 0 Å². The zero-order valence-corrected chi connectivity index (χ0v) is 8.38. The number of carboxylic acids is 1. The summed E-state index contributed by atoms with van der Waals surface area (Å²) in [6.07, 6.45) is -2.30. The summed E-state index contributed by atoms with van der Waals surface area (Å²) < 4.78 is 31.7. The van der Waals surface area contributed by atoms with Gasteiger partial charge in [0.25, 0.3) is 0 Å². The Bertz CT molecular complexity index is 249. The second-order valence-corrected chi connectivity index (χ2v) is 3.27. The highest BCUT2D eigenvalue weighted by Crippen LogP contribution is 2.13. The average molecular weight is 242 g/mol. The smallest absolute Gasteiger partial charge is 0.475 e. The number of carbonyl (C=O) groups is 2. The summed E-state index contributed by atoms with van der Waals surface area (Å²) in [5.41, 5.74) is 4.99. The molecule has 0 bridgehead atoms. The first kappa shape index (κ1) is 14.7.